The SMILES string of the molecule is CC.COC(=O)c1ccc(C(=O)OCCC(C)C)o1. The molecular formula is C14H22O5. The van der Waals surface area contributed by atoms with Crippen LogP contribution in [0.1, 0.15) is 55.2 Å². The summed E-state index contributed by atoms with van der Waals surface area (Å²) in [4.78, 5) is 22.6. The quantitative estimate of drug-likeness (QED) is 0.768. The molecule has 0 radical (unpaired) electrons. The highest BCUT2D eigenvalue weighted by Crippen LogP contribution is 2.11. The van der Waals surface area contributed by atoms with Crippen molar-refractivity contribution in [3.8, 4) is 0 Å². The monoisotopic (exact) mass is 270 g/mol. The van der Waals surface area contributed by atoms with Gasteiger partial charge in [0.1, 0.15) is 0 Å². The second kappa shape index (κ2) is 9.19. The van der Waals surface area contributed by atoms with Gasteiger partial charge in [-0.2, -0.15) is 0 Å². The maximum absolute atomic E-state index is 11.5. The zero-order chi connectivity index (χ0) is 14.8. The minimum absolute atomic E-state index is 0.00848. The van der Waals surface area contributed by atoms with Crippen LogP contribution in [-0.4, -0.2) is 25.7 Å². The molecular weight excluding hydrogens is 248 g/mol. The molecule has 0 aliphatic rings. The number of hydrogen-bond acceptors (Lipinski definition) is 5. The summed E-state index contributed by atoms with van der Waals surface area (Å²) in [6, 6.07) is 2.77. The number of esters is 2. The zero-order valence-corrected chi connectivity index (χ0v) is 12.2. The molecule has 1 rings (SSSR count). The molecule has 5 heteroatoms. The van der Waals surface area contributed by atoms with Crippen molar-refractivity contribution in [2.24, 2.45) is 5.92 Å². The number of rotatable bonds is 5. The lowest BCUT2D eigenvalue weighted by atomic mass is 10.1. The molecule has 0 saturated heterocycles. The van der Waals surface area contributed by atoms with E-state index in [0.717, 1.165) is 6.42 Å². The van der Waals surface area contributed by atoms with Gasteiger partial charge in [0.05, 0.1) is 13.7 Å². The van der Waals surface area contributed by atoms with Gasteiger partial charge in [0.2, 0.25) is 11.5 Å². The number of hydrogen-bond donors (Lipinski definition) is 0. The number of ether oxygens (including phenoxy) is 2. The highest BCUT2D eigenvalue weighted by Gasteiger charge is 2.16. The maximum atomic E-state index is 11.5. The van der Waals surface area contributed by atoms with Gasteiger partial charge in [-0.3, -0.25) is 0 Å². The van der Waals surface area contributed by atoms with Gasteiger partial charge in [0, 0.05) is 0 Å². The average molecular weight is 270 g/mol. The van der Waals surface area contributed by atoms with E-state index in [4.69, 9.17) is 9.15 Å². The Labute approximate surface area is 113 Å². The Morgan fingerprint density at radius 3 is 2.16 bits per heavy atom. The smallest absolute Gasteiger partial charge is 0.374 e. The molecule has 0 aromatic carbocycles. The van der Waals surface area contributed by atoms with Gasteiger partial charge in [-0.05, 0) is 24.5 Å². The standard InChI is InChI=1S/C12H16O5.C2H6/c1-8(2)6-7-16-12(14)10-5-4-9(17-10)11(13)15-3;1-2/h4-5,8H,6-7H2,1-3H3;1-2H3. The third-order valence-electron chi connectivity index (χ3n) is 2.12. The van der Waals surface area contributed by atoms with Gasteiger partial charge in [0.15, 0.2) is 0 Å². The molecule has 108 valence electrons. The van der Waals surface area contributed by atoms with E-state index in [-0.39, 0.29) is 11.5 Å². The van der Waals surface area contributed by atoms with Crippen molar-refractivity contribution < 1.29 is 23.5 Å². The molecule has 0 spiro atoms. The van der Waals surface area contributed by atoms with E-state index in [2.05, 4.69) is 4.74 Å². The van der Waals surface area contributed by atoms with Crippen LogP contribution in [0.25, 0.3) is 0 Å². The molecule has 1 aromatic heterocycles. The van der Waals surface area contributed by atoms with E-state index in [0.29, 0.717) is 12.5 Å². The second-order valence-corrected chi connectivity index (χ2v) is 3.97. The fourth-order valence-electron chi connectivity index (χ4n) is 1.12. The normalized spacial score (nSPS) is 9.58. The summed E-state index contributed by atoms with van der Waals surface area (Å²) in [5.41, 5.74) is 0. The predicted molar refractivity (Wildman–Crippen MR) is 71.1 cm³/mol. The molecule has 0 bridgehead atoms. The lowest BCUT2D eigenvalue weighted by Crippen LogP contribution is -2.07. The van der Waals surface area contributed by atoms with E-state index in [1.807, 2.05) is 27.7 Å². The highest BCUT2D eigenvalue weighted by molar-refractivity contribution is 5.90. The Balaban J connectivity index is 0.00000154. The van der Waals surface area contributed by atoms with Crippen molar-refractivity contribution in [3.63, 3.8) is 0 Å². The van der Waals surface area contributed by atoms with Gasteiger partial charge in [-0.15, -0.1) is 0 Å². The van der Waals surface area contributed by atoms with E-state index in [1.165, 1.54) is 19.2 Å². The number of carbonyl (C=O) groups is 2. The highest BCUT2D eigenvalue weighted by atomic mass is 16.6. The maximum Gasteiger partial charge on any atom is 0.374 e. The topological polar surface area (TPSA) is 65.7 Å². The third-order valence-corrected chi connectivity index (χ3v) is 2.12. The Morgan fingerprint density at radius 1 is 1.16 bits per heavy atom. The lowest BCUT2D eigenvalue weighted by Gasteiger charge is -2.04. The molecule has 5 nitrogen and oxygen atoms in total. The fraction of sp³-hybridized carbons (Fsp3) is 0.571. The first-order valence-corrected chi connectivity index (χ1v) is 6.40. The minimum Gasteiger partial charge on any atom is -0.463 e. The molecule has 0 aliphatic carbocycles. The van der Waals surface area contributed by atoms with Gasteiger partial charge in [-0.1, -0.05) is 27.7 Å². The molecule has 0 amide bonds. The summed E-state index contributed by atoms with van der Waals surface area (Å²) >= 11 is 0. The summed E-state index contributed by atoms with van der Waals surface area (Å²) in [6.07, 6.45) is 0.788. The van der Waals surface area contributed by atoms with E-state index < -0.39 is 11.9 Å². The number of furan rings is 1. The van der Waals surface area contributed by atoms with Crippen LogP contribution < -0.4 is 0 Å². The molecule has 1 heterocycles. The first kappa shape index (κ1) is 17.2. The molecule has 0 N–H and O–H groups in total. The van der Waals surface area contributed by atoms with Crippen LogP contribution in [0.5, 0.6) is 0 Å². The van der Waals surface area contributed by atoms with Crippen molar-refractivity contribution in [2.45, 2.75) is 34.1 Å². The minimum atomic E-state index is -0.619. The van der Waals surface area contributed by atoms with Gasteiger partial charge >= 0.3 is 11.9 Å². The summed E-state index contributed by atoms with van der Waals surface area (Å²) in [5, 5.41) is 0. The molecule has 19 heavy (non-hydrogen) atoms. The summed E-state index contributed by atoms with van der Waals surface area (Å²) < 4.78 is 14.4. The van der Waals surface area contributed by atoms with Crippen LogP contribution in [0.3, 0.4) is 0 Å². The van der Waals surface area contributed by atoms with E-state index in [9.17, 15) is 9.59 Å². The Bertz CT molecular complexity index is 392. The van der Waals surface area contributed by atoms with Crippen LogP contribution in [0, 0.1) is 5.92 Å². The lowest BCUT2D eigenvalue weighted by molar-refractivity contribution is 0.0442. The first-order chi connectivity index (χ1) is 9.04. The van der Waals surface area contributed by atoms with Gasteiger partial charge in [0.25, 0.3) is 0 Å². The molecule has 0 atom stereocenters. The number of methoxy groups -OCH3 is 1. The third kappa shape index (κ3) is 6.08. The molecule has 0 unspecified atom stereocenters. The van der Waals surface area contributed by atoms with Crippen LogP contribution >= 0.6 is 0 Å². The largest absolute Gasteiger partial charge is 0.463 e. The van der Waals surface area contributed by atoms with Crippen molar-refractivity contribution in [1.82, 2.24) is 0 Å². The van der Waals surface area contributed by atoms with Crippen LogP contribution in [0.2, 0.25) is 0 Å². The molecule has 1 aromatic rings. The van der Waals surface area contributed by atoms with Crippen LogP contribution in [-0.2, 0) is 9.47 Å². The summed E-state index contributed by atoms with van der Waals surface area (Å²) in [6.45, 7) is 8.41. The fourth-order valence-corrected chi connectivity index (χ4v) is 1.12. The number of carbonyl (C=O) groups excluding carboxylic acids is 2. The van der Waals surface area contributed by atoms with Crippen molar-refractivity contribution in [1.29, 1.82) is 0 Å². The Hall–Kier alpha value is -1.78. The molecule has 0 fully saturated rings. The predicted octanol–water partition coefficient (Wildman–Crippen LogP) is 3.30. The van der Waals surface area contributed by atoms with E-state index in [1.54, 1.807) is 0 Å². The Kier molecular flexibility index (Phi) is 8.33. The zero-order valence-electron chi connectivity index (χ0n) is 12.2. The summed E-state index contributed by atoms with van der Waals surface area (Å²) in [5.74, 6) is -0.727. The van der Waals surface area contributed by atoms with Crippen molar-refractivity contribution >= 4 is 11.9 Å². The second-order valence-electron chi connectivity index (χ2n) is 3.97. The molecule has 0 saturated carbocycles. The average Bonchev–Trinajstić information content (AvgIpc) is 2.89. The van der Waals surface area contributed by atoms with Crippen LogP contribution in [0.4, 0.5) is 0 Å². The summed E-state index contributed by atoms with van der Waals surface area (Å²) in [7, 11) is 1.24. The molecule has 0 aliphatic heterocycles. The Morgan fingerprint density at radius 2 is 1.68 bits per heavy atom. The van der Waals surface area contributed by atoms with Crippen molar-refractivity contribution in [2.75, 3.05) is 13.7 Å². The van der Waals surface area contributed by atoms with Gasteiger partial charge in [-0.25, -0.2) is 9.59 Å². The van der Waals surface area contributed by atoms with Gasteiger partial charge < -0.3 is 13.9 Å². The first-order valence-electron chi connectivity index (χ1n) is 6.40. The van der Waals surface area contributed by atoms with Crippen LogP contribution in [0.15, 0.2) is 16.5 Å². The van der Waals surface area contributed by atoms with E-state index >= 15 is 0 Å². The van der Waals surface area contributed by atoms with Crippen molar-refractivity contribution in [3.05, 3.63) is 23.7 Å².